The van der Waals surface area contributed by atoms with Crippen molar-refractivity contribution in [3.63, 3.8) is 0 Å². The highest BCUT2D eigenvalue weighted by Gasteiger charge is 2.35. The highest BCUT2D eigenvalue weighted by atomic mass is 32.2. The van der Waals surface area contributed by atoms with Crippen LogP contribution in [0.5, 0.6) is 0 Å². The lowest BCUT2D eigenvalue weighted by atomic mass is 10.0. The van der Waals surface area contributed by atoms with Crippen LogP contribution >= 0.6 is 11.8 Å². The van der Waals surface area contributed by atoms with Crippen LogP contribution in [-0.2, 0) is 0 Å². The molecule has 1 aliphatic rings. The van der Waals surface area contributed by atoms with E-state index in [0.29, 0.717) is 17.5 Å². The van der Waals surface area contributed by atoms with Gasteiger partial charge in [0.05, 0.1) is 0 Å². The van der Waals surface area contributed by atoms with Gasteiger partial charge >= 0.3 is 0 Å². The van der Waals surface area contributed by atoms with Gasteiger partial charge in [0.25, 0.3) is 0 Å². The van der Waals surface area contributed by atoms with Crippen molar-refractivity contribution < 1.29 is 4.42 Å². The van der Waals surface area contributed by atoms with Crippen molar-refractivity contribution >= 4 is 52.1 Å². The average molecular weight is 640 g/mol. The van der Waals surface area contributed by atoms with E-state index in [2.05, 4.69) is 92.0 Å². The Morgan fingerprint density at radius 3 is 1.83 bits per heavy atom. The van der Waals surface area contributed by atoms with Crippen LogP contribution in [0.3, 0.4) is 0 Å². The maximum atomic E-state index is 6.70. The minimum Gasteiger partial charge on any atom is -0.455 e. The standard InChI is InChI=1S/C41H29N3OSSi/c1-47(2)36-19-10-9-18-34(36)46-35-25-28(21-23-37(35)47)30-16-11-17-32-31-22-20-29(24-33(31)45-38(30)32)41-43-39(26-12-5-3-6-13-26)42-40(44-41)27-14-7-4-8-15-27/h3-25H,1-2H3. The average Bonchev–Trinajstić information content (AvgIpc) is 3.50. The van der Waals surface area contributed by atoms with Crippen LogP contribution in [0.15, 0.2) is 154 Å². The molecular weight excluding hydrogens is 611 g/mol. The molecule has 224 valence electrons. The molecule has 0 aliphatic carbocycles. The summed E-state index contributed by atoms with van der Waals surface area (Å²) in [4.78, 5) is 17.4. The van der Waals surface area contributed by atoms with Gasteiger partial charge in [-0.15, -0.1) is 0 Å². The van der Waals surface area contributed by atoms with Crippen LogP contribution in [0, 0.1) is 0 Å². The summed E-state index contributed by atoms with van der Waals surface area (Å²) in [6.45, 7) is 4.92. The summed E-state index contributed by atoms with van der Waals surface area (Å²) in [7, 11) is -1.79. The molecule has 4 nitrogen and oxygen atoms in total. The maximum Gasteiger partial charge on any atom is 0.164 e. The smallest absolute Gasteiger partial charge is 0.164 e. The highest BCUT2D eigenvalue weighted by Crippen LogP contribution is 2.40. The summed E-state index contributed by atoms with van der Waals surface area (Å²) in [6, 6.07) is 48.7. The molecule has 0 N–H and O–H groups in total. The Kier molecular flexibility index (Phi) is 6.49. The number of aromatic nitrogens is 3. The summed E-state index contributed by atoms with van der Waals surface area (Å²) in [6.07, 6.45) is 0. The maximum absolute atomic E-state index is 6.70. The fourth-order valence-corrected chi connectivity index (χ4v) is 12.2. The van der Waals surface area contributed by atoms with Crippen LogP contribution in [0.1, 0.15) is 0 Å². The summed E-state index contributed by atoms with van der Waals surface area (Å²) >= 11 is 1.89. The Balaban J connectivity index is 1.16. The molecule has 2 aromatic heterocycles. The van der Waals surface area contributed by atoms with Crippen molar-refractivity contribution in [3.8, 4) is 45.3 Å². The summed E-state index contributed by atoms with van der Waals surface area (Å²) in [5.74, 6) is 1.89. The van der Waals surface area contributed by atoms with E-state index in [9.17, 15) is 0 Å². The Labute approximate surface area is 278 Å². The fourth-order valence-electron chi connectivity index (χ4n) is 6.73. The number of nitrogens with zero attached hydrogens (tertiary/aromatic N) is 3. The topological polar surface area (TPSA) is 51.8 Å². The van der Waals surface area contributed by atoms with E-state index in [1.807, 2.05) is 72.4 Å². The Hall–Kier alpha value is -5.30. The summed E-state index contributed by atoms with van der Waals surface area (Å²) in [5, 5.41) is 5.18. The molecule has 9 rings (SSSR count). The van der Waals surface area contributed by atoms with Crippen LogP contribution in [0.4, 0.5) is 0 Å². The normalized spacial score (nSPS) is 13.4. The molecule has 0 amide bonds. The predicted molar refractivity (Wildman–Crippen MR) is 196 cm³/mol. The van der Waals surface area contributed by atoms with Gasteiger partial charge in [0.1, 0.15) is 19.2 Å². The SMILES string of the molecule is C[Si]1(C)c2ccccc2Sc2cc(-c3cccc4c3oc3cc(-c5nc(-c6ccccc6)nc(-c6ccccc6)n5)ccc34)ccc21. The predicted octanol–water partition coefficient (Wildman–Crippen LogP) is 9.73. The number of benzene rings is 6. The highest BCUT2D eigenvalue weighted by molar-refractivity contribution is 8.00. The third-order valence-corrected chi connectivity index (χ3v) is 14.3. The molecule has 0 saturated heterocycles. The first kappa shape index (κ1) is 28.0. The van der Waals surface area contributed by atoms with Gasteiger partial charge < -0.3 is 4.42 Å². The minimum absolute atomic E-state index is 0.610. The minimum atomic E-state index is -1.79. The molecule has 0 fully saturated rings. The van der Waals surface area contributed by atoms with Gasteiger partial charge in [0, 0.05) is 42.8 Å². The lowest BCUT2D eigenvalue weighted by molar-refractivity contribution is 0.670. The summed E-state index contributed by atoms with van der Waals surface area (Å²) in [5.41, 5.74) is 6.74. The molecule has 6 aromatic carbocycles. The first-order valence-electron chi connectivity index (χ1n) is 15.8. The number of furan rings is 1. The second kappa shape index (κ2) is 10.9. The van der Waals surface area contributed by atoms with Crippen molar-refractivity contribution in [2.75, 3.05) is 0 Å². The fraction of sp³-hybridized carbons (Fsp3) is 0.0488. The second-order valence-electron chi connectivity index (χ2n) is 12.5. The molecule has 1 aliphatic heterocycles. The molecule has 3 heterocycles. The molecule has 47 heavy (non-hydrogen) atoms. The van der Waals surface area contributed by atoms with Gasteiger partial charge in [-0.2, -0.15) is 0 Å². The number of para-hydroxylation sites is 1. The van der Waals surface area contributed by atoms with E-state index in [-0.39, 0.29) is 0 Å². The van der Waals surface area contributed by atoms with Crippen molar-refractivity contribution in [2.45, 2.75) is 22.9 Å². The number of rotatable bonds is 4. The van der Waals surface area contributed by atoms with Gasteiger partial charge in [-0.3, -0.25) is 0 Å². The molecule has 8 aromatic rings. The molecule has 0 saturated carbocycles. The van der Waals surface area contributed by atoms with Crippen LogP contribution in [-0.4, -0.2) is 23.0 Å². The molecule has 0 radical (unpaired) electrons. The number of fused-ring (bicyclic) bond motifs is 5. The Bertz CT molecular complexity index is 2420. The van der Waals surface area contributed by atoms with E-state index < -0.39 is 8.07 Å². The first-order chi connectivity index (χ1) is 23.0. The van der Waals surface area contributed by atoms with Crippen molar-refractivity contribution in [1.29, 1.82) is 0 Å². The van der Waals surface area contributed by atoms with Gasteiger partial charge in [-0.05, 0) is 40.2 Å². The lowest BCUT2D eigenvalue weighted by Crippen LogP contribution is -2.56. The van der Waals surface area contributed by atoms with Gasteiger partial charge in [-0.1, -0.05) is 140 Å². The monoisotopic (exact) mass is 639 g/mol. The molecule has 0 atom stereocenters. The zero-order valence-corrected chi connectivity index (χ0v) is 27.8. The van der Waals surface area contributed by atoms with E-state index in [1.165, 1.54) is 25.7 Å². The van der Waals surface area contributed by atoms with Gasteiger partial charge in [-0.25, -0.2) is 15.0 Å². The number of hydrogen-bond donors (Lipinski definition) is 0. The largest absolute Gasteiger partial charge is 0.455 e. The second-order valence-corrected chi connectivity index (χ2v) is 17.9. The first-order valence-corrected chi connectivity index (χ1v) is 19.6. The van der Waals surface area contributed by atoms with E-state index in [0.717, 1.165) is 44.2 Å². The van der Waals surface area contributed by atoms with Crippen molar-refractivity contribution in [1.82, 2.24) is 15.0 Å². The van der Waals surface area contributed by atoms with E-state index in [1.54, 1.807) is 0 Å². The molecule has 0 unspecified atom stereocenters. The Morgan fingerprint density at radius 1 is 0.489 bits per heavy atom. The van der Waals surface area contributed by atoms with Gasteiger partial charge in [0.15, 0.2) is 17.5 Å². The molecule has 0 spiro atoms. The third kappa shape index (κ3) is 4.71. The molecular formula is C41H29N3OSSi. The van der Waals surface area contributed by atoms with Gasteiger partial charge in [0.2, 0.25) is 0 Å². The third-order valence-electron chi connectivity index (χ3n) is 9.20. The van der Waals surface area contributed by atoms with Crippen LogP contribution in [0.2, 0.25) is 13.1 Å². The molecule has 6 heteroatoms. The summed E-state index contributed by atoms with van der Waals surface area (Å²) < 4.78 is 6.70. The van der Waals surface area contributed by atoms with E-state index >= 15 is 0 Å². The quantitative estimate of drug-likeness (QED) is 0.180. The van der Waals surface area contributed by atoms with Crippen LogP contribution in [0.25, 0.3) is 67.2 Å². The zero-order chi connectivity index (χ0) is 31.5. The van der Waals surface area contributed by atoms with Crippen LogP contribution < -0.4 is 10.4 Å². The lowest BCUT2D eigenvalue weighted by Gasteiger charge is -2.33. The zero-order valence-electron chi connectivity index (χ0n) is 25.9. The number of hydrogen-bond acceptors (Lipinski definition) is 5. The van der Waals surface area contributed by atoms with Crippen molar-refractivity contribution in [3.05, 3.63) is 140 Å². The molecule has 0 bridgehead atoms. The van der Waals surface area contributed by atoms with Crippen molar-refractivity contribution in [2.24, 2.45) is 0 Å². The Morgan fingerprint density at radius 2 is 1.11 bits per heavy atom. The van der Waals surface area contributed by atoms with E-state index in [4.69, 9.17) is 19.4 Å².